The quantitative estimate of drug-likeness (QED) is 0.541. The lowest BCUT2D eigenvalue weighted by atomic mass is 10.2. The normalized spacial score (nSPS) is 10.2. The van der Waals surface area contributed by atoms with Crippen LogP contribution in [0, 0.1) is 0 Å². The van der Waals surface area contributed by atoms with Gasteiger partial charge in [0.2, 0.25) is 0 Å². The molecule has 1 N–H and O–H groups in total. The molecule has 0 aromatic carbocycles. The molecule has 0 atom stereocenters. The van der Waals surface area contributed by atoms with E-state index < -0.39 is 0 Å². The van der Waals surface area contributed by atoms with Gasteiger partial charge in [0.1, 0.15) is 0 Å². The summed E-state index contributed by atoms with van der Waals surface area (Å²) in [6, 6.07) is 3.84. The SMILES string of the molecule is CCCOc1cccnc1NCCCCCCl. The summed E-state index contributed by atoms with van der Waals surface area (Å²) in [5.74, 6) is 2.42. The molecule has 0 aliphatic heterocycles. The summed E-state index contributed by atoms with van der Waals surface area (Å²) < 4.78 is 5.62. The number of ether oxygens (including phenoxy) is 1. The topological polar surface area (TPSA) is 34.1 Å². The molecule has 0 aliphatic carbocycles. The van der Waals surface area contributed by atoms with Crippen LogP contribution in [0.25, 0.3) is 0 Å². The van der Waals surface area contributed by atoms with Crippen LogP contribution in [0.2, 0.25) is 0 Å². The van der Waals surface area contributed by atoms with Crippen molar-refractivity contribution < 1.29 is 4.74 Å². The van der Waals surface area contributed by atoms with Crippen molar-refractivity contribution in [3.63, 3.8) is 0 Å². The zero-order chi connectivity index (χ0) is 12.3. The van der Waals surface area contributed by atoms with Crippen molar-refractivity contribution in [2.24, 2.45) is 0 Å². The Balaban J connectivity index is 2.35. The summed E-state index contributed by atoms with van der Waals surface area (Å²) >= 11 is 5.63. The van der Waals surface area contributed by atoms with E-state index >= 15 is 0 Å². The van der Waals surface area contributed by atoms with E-state index in [9.17, 15) is 0 Å². The third-order valence-corrected chi connectivity index (χ3v) is 2.60. The number of nitrogens with one attached hydrogen (secondary N) is 1. The van der Waals surface area contributed by atoms with Crippen molar-refractivity contribution in [2.45, 2.75) is 32.6 Å². The van der Waals surface area contributed by atoms with Gasteiger partial charge in [0.25, 0.3) is 0 Å². The third-order valence-electron chi connectivity index (χ3n) is 2.34. The second-order valence-electron chi connectivity index (χ2n) is 3.88. The lowest BCUT2D eigenvalue weighted by Gasteiger charge is -2.11. The van der Waals surface area contributed by atoms with Gasteiger partial charge >= 0.3 is 0 Å². The van der Waals surface area contributed by atoms with Gasteiger partial charge in [-0.1, -0.05) is 13.3 Å². The van der Waals surface area contributed by atoms with Crippen LogP contribution in [0.4, 0.5) is 5.82 Å². The van der Waals surface area contributed by atoms with E-state index in [0.717, 1.165) is 56.3 Å². The number of unbranched alkanes of at least 4 members (excludes halogenated alkanes) is 2. The van der Waals surface area contributed by atoms with Crippen LogP contribution in [0.15, 0.2) is 18.3 Å². The first-order valence-electron chi connectivity index (χ1n) is 6.26. The summed E-state index contributed by atoms with van der Waals surface area (Å²) in [7, 11) is 0. The molecule has 0 amide bonds. The Morgan fingerprint density at radius 2 is 2.24 bits per heavy atom. The van der Waals surface area contributed by atoms with Crippen molar-refractivity contribution in [1.82, 2.24) is 4.98 Å². The average Bonchev–Trinajstić information content (AvgIpc) is 2.37. The number of nitrogens with zero attached hydrogens (tertiary/aromatic N) is 1. The molecule has 4 heteroatoms. The first-order chi connectivity index (χ1) is 8.38. The zero-order valence-electron chi connectivity index (χ0n) is 10.4. The van der Waals surface area contributed by atoms with Gasteiger partial charge < -0.3 is 10.1 Å². The minimum absolute atomic E-state index is 0.729. The molecular formula is C13H21ClN2O. The van der Waals surface area contributed by atoms with Crippen molar-refractivity contribution in [1.29, 1.82) is 0 Å². The van der Waals surface area contributed by atoms with Crippen molar-refractivity contribution in [2.75, 3.05) is 24.3 Å². The molecule has 0 radical (unpaired) electrons. The molecule has 0 saturated heterocycles. The number of hydrogen-bond donors (Lipinski definition) is 1. The van der Waals surface area contributed by atoms with E-state index in [2.05, 4.69) is 17.2 Å². The predicted octanol–water partition coefficient (Wildman–Crippen LogP) is 3.69. The highest BCUT2D eigenvalue weighted by Crippen LogP contribution is 2.20. The van der Waals surface area contributed by atoms with Gasteiger partial charge in [-0.3, -0.25) is 0 Å². The Morgan fingerprint density at radius 3 is 3.00 bits per heavy atom. The van der Waals surface area contributed by atoms with Gasteiger partial charge in [0.05, 0.1) is 6.61 Å². The molecule has 3 nitrogen and oxygen atoms in total. The highest BCUT2D eigenvalue weighted by atomic mass is 35.5. The van der Waals surface area contributed by atoms with Crippen LogP contribution in [0.1, 0.15) is 32.6 Å². The lowest BCUT2D eigenvalue weighted by molar-refractivity contribution is 0.318. The Morgan fingerprint density at radius 1 is 1.35 bits per heavy atom. The minimum atomic E-state index is 0.729. The van der Waals surface area contributed by atoms with Gasteiger partial charge in [-0.25, -0.2) is 4.98 Å². The summed E-state index contributed by atoms with van der Waals surface area (Å²) in [6.45, 7) is 3.73. The van der Waals surface area contributed by atoms with E-state index in [1.165, 1.54) is 0 Å². The van der Waals surface area contributed by atoms with Gasteiger partial charge in [0.15, 0.2) is 11.6 Å². The number of halogens is 1. The van der Waals surface area contributed by atoms with E-state index in [4.69, 9.17) is 16.3 Å². The van der Waals surface area contributed by atoms with E-state index in [0.29, 0.717) is 0 Å². The lowest BCUT2D eigenvalue weighted by Crippen LogP contribution is -2.06. The van der Waals surface area contributed by atoms with Crippen LogP contribution < -0.4 is 10.1 Å². The molecule has 17 heavy (non-hydrogen) atoms. The van der Waals surface area contributed by atoms with Gasteiger partial charge in [-0.05, 0) is 31.4 Å². The van der Waals surface area contributed by atoms with Crippen molar-refractivity contribution >= 4 is 17.4 Å². The third kappa shape index (κ3) is 5.78. The summed E-state index contributed by atoms with van der Waals surface area (Å²) in [4.78, 5) is 4.29. The first kappa shape index (κ1) is 14.1. The molecule has 1 heterocycles. The number of rotatable bonds is 9. The highest BCUT2D eigenvalue weighted by molar-refractivity contribution is 6.17. The first-order valence-corrected chi connectivity index (χ1v) is 6.79. The number of hydrogen-bond acceptors (Lipinski definition) is 3. The maximum Gasteiger partial charge on any atom is 0.168 e. The standard InChI is InChI=1S/C13H21ClN2O/c1-2-11-17-12-7-6-10-16-13(12)15-9-5-3-4-8-14/h6-7,10H,2-5,8-9,11H2,1H3,(H,15,16). The fourth-order valence-corrected chi connectivity index (χ4v) is 1.64. The molecular weight excluding hydrogens is 236 g/mol. The van der Waals surface area contributed by atoms with E-state index in [-0.39, 0.29) is 0 Å². The molecule has 0 bridgehead atoms. The maximum atomic E-state index is 5.63. The Hall–Kier alpha value is -0.960. The molecule has 1 aromatic heterocycles. The fraction of sp³-hybridized carbons (Fsp3) is 0.615. The minimum Gasteiger partial charge on any atom is -0.490 e. The molecule has 0 unspecified atom stereocenters. The summed E-state index contributed by atoms with van der Waals surface area (Å²) in [5, 5.41) is 3.30. The number of anilines is 1. The highest BCUT2D eigenvalue weighted by Gasteiger charge is 2.02. The summed E-state index contributed by atoms with van der Waals surface area (Å²) in [6.07, 6.45) is 6.11. The molecule has 1 aromatic rings. The van der Waals surface area contributed by atoms with Crippen LogP contribution in [-0.4, -0.2) is 24.0 Å². The number of alkyl halides is 1. The Kier molecular flexibility index (Phi) is 7.56. The zero-order valence-corrected chi connectivity index (χ0v) is 11.2. The van der Waals surface area contributed by atoms with Crippen LogP contribution in [-0.2, 0) is 0 Å². The van der Waals surface area contributed by atoms with E-state index in [1.54, 1.807) is 6.20 Å². The molecule has 1 rings (SSSR count). The van der Waals surface area contributed by atoms with Gasteiger partial charge in [-0.15, -0.1) is 11.6 Å². The van der Waals surface area contributed by atoms with Crippen LogP contribution in [0.3, 0.4) is 0 Å². The van der Waals surface area contributed by atoms with Gasteiger partial charge in [-0.2, -0.15) is 0 Å². The molecule has 0 spiro atoms. The molecule has 0 fully saturated rings. The smallest absolute Gasteiger partial charge is 0.168 e. The largest absolute Gasteiger partial charge is 0.490 e. The van der Waals surface area contributed by atoms with Crippen molar-refractivity contribution in [3.8, 4) is 5.75 Å². The number of aromatic nitrogens is 1. The van der Waals surface area contributed by atoms with Crippen LogP contribution in [0.5, 0.6) is 5.75 Å². The molecule has 0 saturated carbocycles. The second-order valence-corrected chi connectivity index (χ2v) is 4.25. The van der Waals surface area contributed by atoms with Crippen LogP contribution >= 0.6 is 11.6 Å². The summed E-state index contributed by atoms with van der Waals surface area (Å²) in [5.41, 5.74) is 0. The molecule has 0 aliphatic rings. The number of pyridine rings is 1. The predicted molar refractivity (Wildman–Crippen MR) is 73.1 cm³/mol. The van der Waals surface area contributed by atoms with Gasteiger partial charge in [0, 0.05) is 18.6 Å². The average molecular weight is 257 g/mol. The second kappa shape index (κ2) is 9.11. The molecule has 96 valence electrons. The van der Waals surface area contributed by atoms with E-state index in [1.807, 2.05) is 12.1 Å². The maximum absolute atomic E-state index is 5.63. The Labute approximate surface area is 109 Å². The van der Waals surface area contributed by atoms with Crippen molar-refractivity contribution in [3.05, 3.63) is 18.3 Å². The fourth-order valence-electron chi connectivity index (χ4n) is 1.45. The monoisotopic (exact) mass is 256 g/mol. The Bertz CT molecular complexity index is 307.